The number of hydrogen-bond acceptors (Lipinski definition) is 5. The Bertz CT molecular complexity index is 218. The summed E-state index contributed by atoms with van der Waals surface area (Å²) in [6.07, 6.45) is 0. The van der Waals surface area contributed by atoms with Crippen molar-refractivity contribution in [2.45, 2.75) is 5.75 Å². The fraction of sp³-hybridized carbons (Fsp3) is 0.600. The summed E-state index contributed by atoms with van der Waals surface area (Å²) in [6.45, 7) is 0.206. The van der Waals surface area contributed by atoms with E-state index in [1.54, 1.807) is 11.8 Å². The van der Waals surface area contributed by atoms with E-state index in [1.165, 1.54) is 11.3 Å². The van der Waals surface area contributed by atoms with Gasteiger partial charge in [0.25, 0.3) is 0 Å². The average Bonchev–Trinajstić information content (AvgIpc) is 2.37. The quantitative estimate of drug-likeness (QED) is 0.764. The van der Waals surface area contributed by atoms with Gasteiger partial charge < -0.3 is 5.11 Å². The van der Waals surface area contributed by atoms with Gasteiger partial charge in [0, 0.05) is 11.5 Å². The highest BCUT2D eigenvalue weighted by atomic mass is 35.5. The highest BCUT2D eigenvalue weighted by Crippen LogP contribution is 2.19. The molecule has 0 spiro atoms. The third-order valence-corrected chi connectivity index (χ3v) is 3.05. The molecule has 0 aliphatic heterocycles. The van der Waals surface area contributed by atoms with E-state index in [2.05, 4.69) is 10.2 Å². The molecule has 1 N–H and O–H groups in total. The van der Waals surface area contributed by atoms with Crippen LogP contribution >= 0.6 is 34.7 Å². The molecule has 0 bridgehead atoms. The predicted molar refractivity (Wildman–Crippen MR) is 48.2 cm³/mol. The Kier molecular flexibility index (Phi) is 4.14. The van der Waals surface area contributed by atoms with Gasteiger partial charge in [0.1, 0.15) is 5.01 Å². The van der Waals surface area contributed by atoms with Crippen LogP contribution in [0.1, 0.15) is 5.01 Å². The summed E-state index contributed by atoms with van der Waals surface area (Å²) in [6, 6.07) is 0. The zero-order valence-electron chi connectivity index (χ0n) is 5.66. The summed E-state index contributed by atoms with van der Waals surface area (Å²) >= 11 is 8.56. The van der Waals surface area contributed by atoms with Gasteiger partial charge in [-0.1, -0.05) is 11.3 Å². The van der Waals surface area contributed by atoms with Gasteiger partial charge >= 0.3 is 0 Å². The van der Waals surface area contributed by atoms with E-state index in [4.69, 9.17) is 16.7 Å². The van der Waals surface area contributed by atoms with Crippen LogP contribution in [0.2, 0.25) is 4.47 Å². The van der Waals surface area contributed by atoms with Gasteiger partial charge in [-0.05, 0) is 11.6 Å². The molecule has 0 aromatic carbocycles. The van der Waals surface area contributed by atoms with E-state index < -0.39 is 0 Å². The van der Waals surface area contributed by atoms with Crippen LogP contribution in [0.5, 0.6) is 0 Å². The van der Waals surface area contributed by atoms with E-state index in [9.17, 15) is 0 Å². The Morgan fingerprint density at radius 1 is 1.55 bits per heavy atom. The summed E-state index contributed by atoms with van der Waals surface area (Å²) < 4.78 is 0.476. The number of rotatable bonds is 4. The second kappa shape index (κ2) is 4.92. The SMILES string of the molecule is OCCSCc1nnc(Cl)s1. The smallest absolute Gasteiger partial charge is 0.207 e. The van der Waals surface area contributed by atoms with E-state index >= 15 is 0 Å². The molecule has 0 aliphatic rings. The van der Waals surface area contributed by atoms with Crippen LogP contribution < -0.4 is 0 Å². The van der Waals surface area contributed by atoms with Crippen LogP contribution in [0.25, 0.3) is 0 Å². The van der Waals surface area contributed by atoms with Gasteiger partial charge in [0.05, 0.1) is 6.61 Å². The van der Waals surface area contributed by atoms with Gasteiger partial charge in [-0.3, -0.25) is 0 Å². The predicted octanol–water partition coefficient (Wildman–Crippen LogP) is 1.42. The maximum atomic E-state index is 8.47. The molecule has 1 aromatic heterocycles. The summed E-state index contributed by atoms with van der Waals surface area (Å²) in [7, 11) is 0. The molecule has 1 heterocycles. The molecule has 0 fully saturated rings. The molecular formula is C5H7ClN2OS2. The van der Waals surface area contributed by atoms with Crippen LogP contribution in [-0.2, 0) is 5.75 Å². The molecule has 6 heteroatoms. The topological polar surface area (TPSA) is 46.0 Å². The van der Waals surface area contributed by atoms with Crippen molar-refractivity contribution in [3.63, 3.8) is 0 Å². The number of aliphatic hydroxyl groups is 1. The van der Waals surface area contributed by atoms with E-state index in [-0.39, 0.29) is 6.61 Å². The largest absolute Gasteiger partial charge is 0.396 e. The van der Waals surface area contributed by atoms with Crippen LogP contribution in [-0.4, -0.2) is 27.7 Å². The third-order valence-electron chi connectivity index (χ3n) is 0.903. The standard InChI is InChI=1S/C5H7ClN2OS2/c6-5-8-7-4(11-5)3-10-2-1-9/h9H,1-3H2. The molecule has 0 saturated heterocycles. The maximum Gasteiger partial charge on any atom is 0.207 e. The van der Waals surface area contributed by atoms with Crippen LogP contribution in [0.15, 0.2) is 0 Å². The lowest BCUT2D eigenvalue weighted by Gasteiger charge is -1.91. The van der Waals surface area contributed by atoms with Crippen molar-refractivity contribution in [1.29, 1.82) is 0 Å². The molecule has 3 nitrogen and oxygen atoms in total. The van der Waals surface area contributed by atoms with Crippen molar-refractivity contribution in [1.82, 2.24) is 10.2 Å². The van der Waals surface area contributed by atoms with E-state index in [1.807, 2.05) is 0 Å². The van der Waals surface area contributed by atoms with Gasteiger partial charge in [-0.15, -0.1) is 10.2 Å². The van der Waals surface area contributed by atoms with Crippen LogP contribution in [0, 0.1) is 0 Å². The molecular weight excluding hydrogens is 204 g/mol. The zero-order valence-corrected chi connectivity index (χ0v) is 8.05. The Balaban J connectivity index is 2.27. The normalized spacial score (nSPS) is 10.4. The highest BCUT2D eigenvalue weighted by molar-refractivity contribution is 7.98. The van der Waals surface area contributed by atoms with Crippen molar-refractivity contribution >= 4 is 34.7 Å². The molecule has 0 saturated carbocycles. The first-order chi connectivity index (χ1) is 5.33. The lowest BCUT2D eigenvalue weighted by Crippen LogP contribution is -1.87. The summed E-state index contributed by atoms with van der Waals surface area (Å²) in [5.74, 6) is 1.52. The molecule has 0 amide bonds. The Morgan fingerprint density at radius 3 is 2.91 bits per heavy atom. The molecule has 0 unspecified atom stereocenters. The van der Waals surface area contributed by atoms with E-state index in [0.717, 1.165) is 16.5 Å². The monoisotopic (exact) mass is 210 g/mol. The summed E-state index contributed by atoms with van der Waals surface area (Å²) in [5, 5.41) is 16.9. The number of halogens is 1. The number of aliphatic hydroxyl groups excluding tert-OH is 1. The Hall–Kier alpha value is 0.160. The van der Waals surface area contributed by atoms with Crippen LogP contribution in [0.4, 0.5) is 0 Å². The van der Waals surface area contributed by atoms with Gasteiger partial charge in [0.15, 0.2) is 0 Å². The number of hydrogen-bond donors (Lipinski definition) is 1. The molecule has 11 heavy (non-hydrogen) atoms. The fourth-order valence-corrected chi connectivity index (χ4v) is 2.17. The van der Waals surface area contributed by atoms with E-state index in [0.29, 0.717) is 4.47 Å². The number of thioether (sulfide) groups is 1. The van der Waals surface area contributed by atoms with Gasteiger partial charge in [-0.2, -0.15) is 11.8 Å². The zero-order chi connectivity index (χ0) is 8.10. The lowest BCUT2D eigenvalue weighted by molar-refractivity contribution is 0.322. The van der Waals surface area contributed by atoms with Crippen molar-refractivity contribution < 1.29 is 5.11 Å². The third kappa shape index (κ3) is 3.37. The first-order valence-electron chi connectivity index (χ1n) is 2.99. The minimum absolute atomic E-state index is 0.206. The van der Waals surface area contributed by atoms with Crippen molar-refractivity contribution in [2.75, 3.05) is 12.4 Å². The number of nitrogens with zero attached hydrogens (tertiary/aromatic N) is 2. The van der Waals surface area contributed by atoms with Crippen molar-refractivity contribution in [2.24, 2.45) is 0 Å². The molecule has 1 aromatic rings. The molecule has 0 radical (unpaired) electrons. The second-order valence-electron chi connectivity index (χ2n) is 1.72. The molecule has 0 atom stereocenters. The second-order valence-corrected chi connectivity index (χ2v) is 4.47. The molecule has 62 valence electrons. The van der Waals surface area contributed by atoms with Crippen molar-refractivity contribution in [3.8, 4) is 0 Å². The minimum atomic E-state index is 0.206. The summed E-state index contributed by atoms with van der Waals surface area (Å²) in [5.41, 5.74) is 0. The lowest BCUT2D eigenvalue weighted by atomic mass is 10.8. The maximum absolute atomic E-state index is 8.47. The van der Waals surface area contributed by atoms with Gasteiger partial charge in [0.2, 0.25) is 4.47 Å². The minimum Gasteiger partial charge on any atom is -0.396 e. The summed E-state index contributed by atoms with van der Waals surface area (Å²) in [4.78, 5) is 0. The molecule has 0 aliphatic carbocycles. The van der Waals surface area contributed by atoms with Crippen LogP contribution in [0.3, 0.4) is 0 Å². The number of aromatic nitrogens is 2. The first-order valence-corrected chi connectivity index (χ1v) is 5.34. The average molecular weight is 211 g/mol. The Labute approximate surface area is 77.8 Å². The Morgan fingerprint density at radius 2 is 2.36 bits per heavy atom. The van der Waals surface area contributed by atoms with Crippen molar-refractivity contribution in [3.05, 3.63) is 9.47 Å². The first kappa shape index (κ1) is 9.25. The highest BCUT2D eigenvalue weighted by Gasteiger charge is 2.00. The van der Waals surface area contributed by atoms with Gasteiger partial charge in [-0.25, -0.2) is 0 Å². The molecule has 1 rings (SSSR count). The fourth-order valence-electron chi connectivity index (χ4n) is 0.515.